The van der Waals surface area contributed by atoms with Crippen LogP contribution in [0.2, 0.25) is 0 Å². The van der Waals surface area contributed by atoms with E-state index in [9.17, 15) is 18.0 Å². The number of alkyl carbamates (subject to hydrolysis) is 1. The molecule has 4 nitrogen and oxygen atoms in total. The molecule has 1 amide bonds. The Kier molecular flexibility index (Phi) is 4.53. The van der Waals surface area contributed by atoms with E-state index < -0.39 is 25.0 Å². The molecule has 78 valence electrons. The van der Waals surface area contributed by atoms with E-state index in [0.29, 0.717) is 0 Å². The van der Waals surface area contributed by atoms with Crippen LogP contribution < -0.4 is 5.32 Å². The lowest BCUT2D eigenvalue weighted by atomic mass is 10.4. The van der Waals surface area contributed by atoms with Crippen molar-refractivity contribution in [2.75, 3.05) is 13.2 Å². The van der Waals surface area contributed by atoms with Crippen LogP contribution in [-0.4, -0.2) is 36.6 Å². The minimum Gasteiger partial charge on any atom is -0.440 e. The highest BCUT2D eigenvalue weighted by Gasteiger charge is 2.29. The maximum absolute atomic E-state index is 11.5. The van der Waals surface area contributed by atoms with Gasteiger partial charge in [-0.3, -0.25) is 0 Å². The number of carbonyl (C=O) groups excluding carboxylic acids is 1. The van der Waals surface area contributed by atoms with Gasteiger partial charge in [0.15, 0.2) is 6.61 Å². The number of aliphatic hydroxyl groups is 1. The molecule has 7 heteroatoms. The zero-order valence-corrected chi connectivity index (χ0v) is 6.89. The number of rotatable bonds is 3. The molecule has 0 saturated heterocycles. The lowest BCUT2D eigenvalue weighted by Gasteiger charge is -2.09. The second-order valence-electron chi connectivity index (χ2n) is 2.42. The summed E-state index contributed by atoms with van der Waals surface area (Å²) >= 11 is 0. The summed E-state index contributed by atoms with van der Waals surface area (Å²) in [4.78, 5) is 10.4. The molecule has 0 saturated carbocycles. The molecule has 0 spiro atoms. The summed E-state index contributed by atoms with van der Waals surface area (Å²) in [5.41, 5.74) is 0. The number of halogens is 3. The minimum atomic E-state index is -4.53. The van der Waals surface area contributed by atoms with Gasteiger partial charge in [-0.1, -0.05) is 0 Å². The standard InChI is InChI=1S/C6H10F3NO3/c1-4(11)2-10-5(12)13-3-6(7,8)9/h4,11H,2-3H2,1H3,(H,10,12). The highest BCUT2D eigenvalue weighted by atomic mass is 19.4. The van der Waals surface area contributed by atoms with Crippen molar-refractivity contribution < 1.29 is 27.8 Å². The second kappa shape index (κ2) is 4.90. The van der Waals surface area contributed by atoms with Crippen molar-refractivity contribution in [2.24, 2.45) is 0 Å². The molecule has 2 N–H and O–H groups in total. The average Bonchev–Trinajstić information content (AvgIpc) is 1.95. The van der Waals surface area contributed by atoms with Gasteiger partial charge in [0.1, 0.15) is 0 Å². The molecule has 0 rings (SSSR count). The Labute approximate surface area is 72.7 Å². The summed E-state index contributed by atoms with van der Waals surface area (Å²) < 4.78 is 38.2. The van der Waals surface area contributed by atoms with Gasteiger partial charge in [0.05, 0.1) is 6.10 Å². The van der Waals surface area contributed by atoms with Gasteiger partial charge in [-0.15, -0.1) is 0 Å². The topological polar surface area (TPSA) is 58.6 Å². The number of aliphatic hydroxyl groups excluding tert-OH is 1. The van der Waals surface area contributed by atoms with Crippen LogP contribution in [0.25, 0.3) is 0 Å². The van der Waals surface area contributed by atoms with Crippen LogP contribution in [0.4, 0.5) is 18.0 Å². The quantitative estimate of drug-likeness (QED) is 0.705. The molecule has 0 aromatic rings. The predicted molar refractivity (Wildman–Crippen MR) is 37.1 cm³/mol. The fourth-order valence-corrected chi connectivity index (χ4v) is 0.429. The van der Waals surface area contributed by atoms with Gasteiger partial charge in [-0.2, -0.15) is 13.2 Å². The fourth-order valence-electron chi connectivity index (χ4n) is 0.429. The maximum Gasteiger partial charge on any atom is 0.422 e. The number of ether oxygens (including phenoxy) is 1. The number of carbonyl (C=O) groups is 1. The first kappa shape index (κ1) is 12.0. The normalized spacial score (nSPS) is 13.6. The van der Waals surface area contributed by atoms with E-state index in [-0.39, 0.29) is 6.54 Å². The molecule has 0 aliphatic heterocycles. The predicted octanol–water partition coefficient (Wildman–Crippen LogP) is 0.656. The molecule has 0 heterocycles. The van der Waals surface area contributed by atoms with Crippen LogP contribution in [0.3, 0.4) is 0 Å². The molecule has 0 bridgehead atoms. The molecular weight excluding hydrogens is 191 g/mol. The molecule has 0 fully saturated rings. The summed E-state index contributed by atoms with van der Waals surface area (Å²) in [6.07, 6.45) is -6.54. The van der Waals surface area contributed by atoms with Crippen molar-refractivity contribution in [3.05, 3.63) is 0 Å². The lowest BCUT2D eigenvalue weighted by molar-refractivity contribution is -0.160. The SMILES string of the molecule is CC(O)CNC(=O)OCC(F)(F)F. The molecular formula is C6H10F3NO3. The summed E-state index contributed by atoms with van der Waals surface area (Å²) in [7, 11) is 0. The molecule has 0 aliphatic carbocycles. The Morgan fingerprint density at radius 2 is 2.15 bits per heavy atom. The smallest absolute Gasteiger partial charge is 0.422 e. The summed E-state index contributed by atoms with van der Waals surface area (Å²) in [6.45, 7) is -0.390. The molecule has 0 radical (unpaired) electrons. The molecule has 0 aromatic heterocycles. The Morgan fingerprint density at radius 3 is 2.54 bits per heavy atom. The van der Waals surface area contributed by atoms with Crippen molar-refractivity contribution in [1.82, 2.24) is 5.32 Å². The third-order valence-corrected chi connectivity index (χ3v) is 0.909. The van der Waals surface area contributed by atoms with Crippen LogP contribution in [0.15, 0.2) is 0 Å². The van der Waals surface area contributed by atoms with Crippen molar-refractivity contribution in [3.8, 4) is 0 Å². The Bertz CT molecular complexity index is 169. The highest BCUT2D eigenvalue weighted by Crippen LogP contribution is 2.14. The third-order valence-electron chi connectivity index (χ3n) is 0.909. The monoisotopic (exact) mass is 201 g/mol. The maximum atomic E-state index is 11.5. The van der Waals surface area contributed by atoms with Gasteiger partial charge in [0.2, 0.25) is 0 Å². The van der Waals surface area contributed by atoms with E-state index >= 15 is 0 Å². The molecule has 0 aromatic carbocycles. The number of hydrogen-bond acceptors (Lipinski definition) is 3. The van der Waals surface area contributed by atoms with Crippen molar-refractivity contribution >= 4 is 6.09 Å². The van der Waals surface area contributed by atoms with Gasteiger partial charge < -0.3 is 15.2 Å². The van der Waals surface area contributed by atoms with Crippen molar-refractivity contribution in [1.29, 1.82) is 0 Å². The molecule has 0 aliphatic rings. The zero-order chi connectivity index (χ0) is 10.5. The number of hydrogen-bond donors (Lipinski definition) is 2. The zero-order valence-electron chi connectivity index (χ0n) is 6.89. The minimum absolute atomic E-state index is 0.142. The lowest BCUT2D eigenvalue weighted by Crippen LogP contribution is -2.33. The summed E-state index contributed by atoms with van der Waals surface area (Å²) in [5, 5.41) is 10.6. The Balaban J connectivity index is 3.53. The Morgan fingerprint density at radius 1 is 1.62 bits per heavy atom. The van der Waals surface area contributed by atoms with E-state index in [4.69, 9.17) is 5.11 Å². The van der Waals surface area contributed by atoms with E-state index in [1.54, 1.807) is 0 Å². The second-order valence-corrected chi connectivity index (χ2v) is 2.42. The fraction of sp³-hybridized carbons (Fsp3) is 0.833. The highest BCUT2D eigenvalue weighted by molar-refractivity contribution is 5.67. The number of alkyl halides is 3. The van der Waals surface area contributed by atoms with Gasteiger partial charge in [0.25, 0.3) is 0 Å². The van der Waals surface area contributed by atoms with E-state index in [1.165, 1.54) is 6.92 Å². The third kappa shape index (κ3) is 8.93. The summed E-state index contributed by atoms with van der Waals surface area (Å²) in [6, 6.07) is 0. The van der Waals surface area contributed by atoms with E-state index in [0.717, 1.165) is 0 Å². The van der Waals surface area contributed by atoms with E-state index in [2.05, 4.69) is 4.74 Å². The van der Waals surface area contributed by atoms with Crippen LogP contribution in [0.1, 0.15) is 6.92 Å². The van der Waals surface area contributed by atoms with E-state index in [1.807, 2.05) is 5.32 Å². The molecule has 1 unspecified atom stereocenters. The number of nitrogens with one attached hydrogen (secondary N) is 1. The van der Waals surface area contributed by atoms with Gasteiger partial charge in [-0.05, 0) is 6.92 Å². The van der Waals surface area contributed by atoms with Crippen LogP contribution in [-0.2, 0) is 4.74 Å². The van der Waals surface area contributed by atoms with Crippen LogP contribution in [0, 0.1) is 0 Å². The van der Waals surface area contributed by atoms with Gasteiger partial charge in [-0.25, -0.2) is 4.79 Å². The van der Waals surface area contributed by atoms with Gasteiger partial charge >= 0.3 is 12.3 Å². The summed E-state index contributed by atoms with van der Waals surface area (Å²) in [5.74, 6) is 0. The Hall–Kier alpha value is -0.980. The van der Waals surface area contributed by atoms with Crippen molar-refractivity contribution in [3.63, 3.8) is 0 Å². The van der Waals surface area contributed by atoms with Crippen LogP contribution in [0.5, 0.6) is 0 Å². The first-order valence-electron chi connectivity index (χ1n) is 3.46. The first-order chi connectivity index (χ1) is 5.81. The number of amides is 1. The first-order valence-corrected chi connectivity index (χ1v) is 3.46. The van der Waals surface area contributed by atoms with Crippen molar-refractivity contribution in [2.45, 2.75) is 19.2 Å². The van der Waals surface area contributed by atoms with Gasteiger partial charge in [0, 0.05) is 6.54 Å². The molecule has 13 heavy (non-hydrogen) atoms. The molecule has 1 atom stereocenters. The average molecular weight is 201 g/mol. The van der Waals surface area contributed by atoms with Crippen LogP contribution >= 0.6 is 0 Å². The largest absolute Gasteiger partial charge is 0.440 e.